The van der Waals surface area contributed by atoms with Crippen LogP contribution in [0.4, 0.5) is 0 Å². The van der Waals surface area contributed by atoms with Crippen LogP contribution in [0, 0.1) is 0 Å². The van der Waals surface area contributed by atoms with Crippen molar-refractivity contribution in [2.24, 2.45) is 0 Å². The molecule has 4 aromatic rings. The highest BCUT2D eigenvalue weighted by molar-refractivity contribution is 7.99. The molecule has 0 saturated heterocycles. The minimum Gasteiger partial charge on any atom is -0.497 e. The Hall–Kier alpha value is -2.64. The molecule has 2 aromatic heterocycles. The van der Waals surface area contributed by atoms with E-state index in [2.05, 4.69) is 20.5 Å². The summed E-state index contributed by atoms with van der Waals surface area (Å²) in [6.07, 6.45) is 1.75. The Kier molecular flexibility index (Phi) is 4.25. The number of benzene rings is 2. The molecule has 6 nitrogen and oxygen atoms in total. The highest BCUT2D eigenvalue weighted by Gasteiger charge is 2.12. The summed E-state index contributed by atoms with van der Waals surface area (Å²) in [5, 5.41) is 14.4. The Labute approximate surface area is 152 Å². The Morgan fingerprint density at radius 1 is 1.08 bits per heavy atom. The number of halogens is 1. The summed E-state index contributed by atoms with van der Waals surface area (Å²) in [5.41, 5.74) is 1.69. The predicted octanol–water partition coefficient (Wildman–Crippen LogP) is 4.02. The average molecular weight is 370 g/mol. The van der Waals surface area contributed by atoms with Crippen molar-refractivity contribution in [1.82, 2.24) is 25.2 Å². The van der Waals surface area contributed by atoms with Gasteiger partial charge >= 0.3 is 0 Å². The van der Waals surface area contributed by atoms with E-state index >= 15 is 0 Å². The zero-order valence-corrected chi connectivity index (χ0v) is 14.7. The second kappa shape index (κ2) is 6.70. The molecule has 124 valence electrons. The van der Waals surface area contributed by atoms with Gasteiger partial charge in [0.25, 0.3) is 0 Å². The lowest BCUT2D eigenvalue weighted by Crippen LogP contribution is -1.99. The molecule has 0 amide bonds. The lowest BCUT2D eigenvalue weighted by molar-refractivity contribution is 0.414. The molecule has 0 saturated carbocycles. The minimum absolute atomic E-state index is 0.658. The smallest absolute Gasteiger partial charge is 0.218 e. The molecular formula is C17H12ClN5OS. The number of tetrazole rings is 1. The van der Waals surface area contributed by atoms with Crippen molar-refractivity contribution in [3.8, 4) is 11.4 Å². The van der Waals surface area contributed by atoms with Gasteiger partial charge in [0.05, 0.1) is 18.3 Å². The molecule has 0 radical (unpaired) electrons. The van der Waals surface area contributed by atoms with E-state index in [-0.39, 0.29) is 0 Å². The lowest BCUT2D eigenvalue weighted by Gasteiger charge is -2.07. The highest BCUT2D eigenvalue weighted by Crippen LogP contribution is 2.33. The van der Waals surface area contributed by atoms with E-state index in [1.807, 2.05) is 48.5 Å². The van der Waals surface area contributed by atoms with Crippen LogP contribution in [-0.2, 0) is 0 Å². The van der Waals surface area contributed by atoms with Gasteiger partial charge in [0.15, 0.2) is 0 Å². The normalized spacial score (nSPS) is 11.0. The molecule has 25 heavy (non-hydrogen) atoms. The SMILES string of the molecule is COc1ccc(-n2nnnc2Sc2ccnc3cc(Cl)ccc23)cc1. The van der Waals surface area contributed by atoms with E-state index in [9.17, 15) is 0 Å². The van der Waals surface area contributed by atoms with Crippen molar-refractivity contribution < 1.29 is 4.74 Å². The van der Waals surface area contributed by atoms with E-state index < -0.39 is 0 Å². The van der Waals surface area contributed by atoms with E-state index in [0.717, 1.165) is 27.2 Å². The van der Waals surface area contributed by atoms with Gasteiger partial charge in [-0.2, -0.15) is 4.68 Å². The second-order valence-electron chi connectivity index (χ2n) is 5.14. The Morgan fingerprint density at radius 2 is 1.92 bits per heavy atom. The third-order valence-corrected chi connectivity index (χ3v) is 4.87. The first-order valence-electron chi connectivity index (χ1n) is 7.39. The minimum atomic E-state index is 0.658. The molecule has 0 aliphatic carbocycles. The average Bonchev–Trinajstić information content (AvgIpc) is 3.10. The number of hydrogen-bond acceptors (Lipinski definition) is 6. The third kappa shape index (κ3) is 3.16. The number of hydrogen-bond donors (Lipinski definition) is 0. The molecule has 0 fully saturated rings. The van der Waals surface area contributed by atoms with Crippen LogP contribution in [0.5, 0.6) is 5.75 Å². The Morgan fingerprint density at radius 3 is 2.72 bits per heavy atom. The fourth-order valence-corrected chi connectivity index (χ4v) is 3.49. The summed E-state index contributed by atoms with van der Waals surface area (Å²) in [5.74, 6) is 0.781. The fraction of sp³-hybridized carbons (Fsp3) is 0.0588. The van der Waals surface area contributed by atoms with Gasteiger partial charge in [0.2, 0.25) is 5.16 Å². The van der Waals surface area contributed by atoms with Crippen LogP contribution in [0.25, 0.3) is 16.6 Å². The highest BCUT2D eigenvalue weighted by atomic mass is 35.5. The van der Waals surface area contributed by atoms with Crippen molar-refractivity contribution in [2.75, 3.05) is 7.11 Å². The van der Waals surface area contributed by atoms with Crippen LogP contribution in [0.15, 0.2) is 64.8 Å². The zero-order chi connectivity index (χ0) is 17.2. The first-order chi connectivity index (χ1) is 12.2. The molecule has 2 heterocycles. The molecule has 0 unspecified atom stereocenters. The van der Waals surface area contributed by atoms with E-state index in [0.29, 0.717) is 10.2 Å². The molecular weight excluding hydrogens is 358 g/mol. The van der Waals surface area contributed by atoms with Crippen LogP contribution in [-0.4, -0.2) is 32.3 Å². The summed E-state index contributed by atoms with van der Waals surface area (Å²) in [7, 11) is 1.63. The standard InChI is InChI=1S/C17H12ClN5OS/c1-24-13-5-3-12(4-6-13)23-17(20-21-22-23)25-16-8-9-19-15-10-11(18)2-7-14(15)16/h2-10H,1H3. The summed E-state index contributed by atoms with van der Waals surface area (Å²) in [4.78, 5) is 5.37. The molecule has 4 rings (SSSR count). The van der Waals surface area contributed by atoms with Crippen molar-refractivity contribution >= 4 is 34.3 Å². The summed E-state index contributed by atoms with van der Waals surface area (Å²) >= 11 is 7.52. The van der Waals surface area contributed by atoms with E-state index in [1.165, 1.54) is 11.8 Å². The van der Waals surface area contributed by atoms with Crippen LogP contribution < -0.4 is 4.74 Å². The Bertz CT molecular complexity index is 1030. The van der Waals surface area contributed by atoms with E-state index in [1.54, 1.807) is 18.0 Å². The van der Waals surface area contributed by atoms with Gasteiger partial charge < -0.3 is 4.74 Å². The number of fused-ring (bicyclic) bond motifs is 1. The maximum atomic E-state index is 6.05. The van der Waals surface area contributed by atoms with Gasteiger partial charge in [-0.05, 0) is 64.7 Å². The van der Waals surface area contributed by atoms with Crippen molar-refractivity contribution in [2.45, 2.75) is 10.1 Å². The van der Waals surface area contributed by atoms with Gasteiger partial charge in [-0.3, -0.25) is 4.98 Å². The molecule has 2 aromatic carbocycles. The predicted molar refractivity (Wildman–Crippen MR) is 96.6 cm³/mol. The van der Waals surface area contributed by atoms with Gasteiger partial charge in [-0.25, -0.2) is 0 Å². The van der Waals surface area contributed by atoms with Crippen LogP contribution in [0.1, 0.15) is 0 Å². The van der Waals surface area contributed by atoms with Crippen molar-refractivity contribution in [3.63, 3.8) is 0 Å². The summed E-state index contributed by atoms with van der Waals surface area (Å²) in [6.45, 7) is 0. The zero-order valence-electron chi connectivity index (χ0n) is 13.1. The van der Waals surface area contributed by atoms with Crippen molar-refractivity contribution in [3.05, 3.63) is 59.8 Å². The molecule has 0 N–H and O–H groups in total. The number of aromatic nitrogens is 5. The third-order valence-electron chi connectivity index (χ3n) is 3.62. The molecule has 0 spiro atoms. The fourth-order valence-electron chi connectivity index (χ4n) is 2.41. The van der Waals surface area contributed by atoms with E-state index in [4.69, 9.17) is 16.3 Å². The number of rotatable bonds is 4. The maximum absolute atomic E-state index is 6.05. The van der Waals surface area contributed by atoms with Crippen LogP contribution in [0.2, 0.25) is 5.02 Å². The van der Waals surface area contributed by atoms with Crippen LogP contribution >= 0.6 is 23.4 Å². The van der Waals surface area contributed by atoms with Gasteiger partial charge in [0, 0.05) is 21.5 Å². The Balaban J connectivity index is 1.72. The number of pyridine rings is 1. The molecule has 0 bridgehead atoms. The second-order valence-corrected chi connectivity index (χ2v) is 6.59. The molecule has 0 aliphatic heterocycles. The largest absolute Gasteiger partial charge is 0.497 e. The molecule has 0 aliphatic rings. The monoisotopic (exact) mass is 369 g/mol. The first-order valence-corrected chi connectivity index (χ1v) is 8.59. The topological polar surface area (TPSA) is 65.7 Å². The number of methoxy groups -OCH3 is 1. The summed E-state index contributed by atoms with van der Waals surface area (Å²) < 4.78 is 6.87. The first kappa shape index (κ1) is 15.9. The van der Waals surface area contributed by atoms with Gasteiger partial charge in [0.1, 0.15) is 5.75 Å². The van der Waals surface area contributed by atoms with Gasteiger partial charge in [-0.15, -0.1) is 5.10 Å². The van der Waals surface area contributed by atoms with Gasteiger partial charge in [-0.1, -0.05) is 17.7 Å². The number of ether oxygens (including phenoxy) is 1. The number of nitrogens with zero attached hydrogens (tertiary/aromatic N) is 5. The van der Waals surface area contributed by atoms with Crippen LogP contribution in [0.3, 0.4) is 0 Å². The summed E-state index contributed by atoms with van der Waals surface area (Å²) in [6, 6.07) is 15.1. The molecule has 8 heteroatoms. The molecule has 0 atom stereocenters. The maximum Gasteiger partial charge on any atom is 0.218 e. The quantitative estimate of drug-likeness (QED) is 0.541. The lowest BCUT2D eigenvalue weighted by atomic mass is 10.2. The van der Waals surface area contributed by atoms with Crippen molar-refractivity contribution in [1.29, 1.82) is 0 Å².